The van der Waals surface area contributed by atoms with Crippen LogP contribution in [0.1, 0.15) is 12.0 Å². The highest BCUT2D eigenvalue weighted by Crippen LogP contribution is 2.17. The summed E-state index contributed by atoms with van der Waals surface area (Å²) in [6.07, 6.45) is -0.205. The Bertz CT molecular complexity index is 653. The molecule has 0 bridgehead atoms. The molecule has 132 valence electrons. The van der Waals surface area contributed by atoms with Gasteiger partial charge in [0.25, 0.3) is 0 Å². The Labute approximate surface area is 149 Å². The lowest BCUT2D eigenvalue weighted by atomic mass is 10.2. The molecular formula is C20H24N2O3. The Hall–Kier alpha value is -2.55. The summed E-state index contributed by atoms with van der Waals surface area (Å²) in [6, 6.07) is 19.4. The molecule has 5 heteroatoms. The van der Waals surface area contributed by atoms with Crippen LogP contribution in [0, 0.1) is 11.3 Å². The number of rotatable bonds is 10. The van der Waals surface area contributed by atoms with E-state index in [1.54, 1.807) is 7.11 Å². The molecular weight excluding hydrogens is 316 g/mol. The van der Waals surface area contributed by atoms with E-state index < -0.39 is 6.10 Å². The van der Waals surface area contributed by atoms with Crippen molar-refractivity contribution in [2.45, 2.75) is 19.1 Å². The zero-order valence-corrected chi connectivity index (χ0v) is 14.5. The van der Waals surface area contributed by atoms with E-state index in [4.69, 9.17) is 14.7 Å². The van der Waals surface area contributed by atoms with E-state index >= 15 is 0 Å². The summed E-state index contributed by atoms with van der Waals surface area (Å²) in [4.78, 5) is 2.07. The van der Waals surface area contributed by atoms with Crippen LogP contribution in [0.5, 0.6) is 11.5 Å². The summed E-state index contributed by atoms with van der Waals surface area (Å²) >= 11 is 0. The number of hydrogen-bond acceptors (Lipinski definition) is 5. The quantitative estimate of drug-likeness (QED) is 0.720. The van der Waals surface area contributed by atoms with E-state index in [2.05, 4.69) is 11.0 Å². The van der Waals surface area contributed by atoms with Gasteiger partial charge in [0.05, 0.1) is 13.2 Å². The van der Waals surface area contributed by atoms with Gasteiger partial charge in [-0.15, -0.1) is 0 Å². The van der Waals surface area contributed by atoms with Crippen molar-refractivity contribution < 1.29 is 14.6 Å². The summed E-state index contributed by atoms with van der Waals surface area (Å²) in [5.74, 6) is 1.45. The molecule has 0 aromatic heterocycles. The summed E-state index contributed by atoms with van der Waals surface area (Å²) < 4.78 is 10.7. The van der Waals surface area contributed by atoms with Crippen LogP contribution in [0.2, 0.25) is 0 Å². The van der Waals surface area contributed by atoms with Gasteiger partial charge in [0.15, 0.2) is 0 Å². The first kappa shape index (κ1) is 18.8. The molecule has 1 unspecified atom stereocenters. The lowest BCUT2D eigenvalue weighted by molar-refractivity contribution is 0.0663. The molecule has 0 aliphatic heterocycles. The molecule has 2 aromatic rings. The van der Waals surface area contributed by atoms with Crippen molar-refractivity contribution in [2.75, 3.05) is 26.8 Å². The lowest BCUT2D eigenvalue weighted by Crippen LogP contribution is -2.35. The van der Waals surface area contributed by atoms with E-state index in [0.717, 1.165) is 11.3 Å². The maximum absolute atomic E-state index is 10.3. The van der Waals surface area contributed by atoms with E-state index in [9.17, 15) is 5.11 Å². The predicted octanol–water partition coefficient (Wildman–Crippen LogP) is 2.85. The fourth-order valence-electron chi connectivity index (χ4n) is 2.50. The molecule has 0 radical (unpaired) electrons. The summed E-state index contributed by atoms with van der Waals surface area (Å²) in [5, 5.41) is 19.1. The maximum Gasteiger partial charge on any atom is 0.119 e. The molecule has 25 heavy (non-hydrogen) atoms. The van der Waals surface area contributed by atoms with E-state index in [-0.39, 0.29) is 6.61 Å². The normalized spacial score (nSPS) is 11.8. The van der Waals surface area contributed by atoms with Gasteiger partial charge >= 0.3 is 0 Å². The minimum absolute atomic E-state index is 0.199. The van der Waals surface area contributed by atoms with Gasteiger partial charge in [-0.05, 0) is 29.8 Å². The topological polar surface area (TPSA) is 65.7 Å². The first-order valence-electron chi connectivity index (χ1n) is 8.29. The number of aliphatic hydroxyl groups excluding tert-OH is 1. The van der Waals surface area contributed by atoms with Crippen LogP contribution in [0.3, 0.4) is 0 Å². The van der Waals surface area contributed by atoms with Crippen LogP contribution in [0.4, 0.5) is 0 Å². The van der Waals surface area contributed by atoms with Gasteiger partial charge in [-0.3, -0.25) is 4.90 Å². The van der Waals surface area contributed by atoms with Gasteiger partial charge in [-0.25, -0.2) is 0 Å². The highest BCUT2D eigenvalue weighted by atomic mass is 16.5. The first-order chi connectivity index (χ1) is 12.2. The Kier molecular flexibility index (Phi) is 7.77. The van der Waals surface area contributed by atoms with Gasteiger partial charge in [0.1, 0.15) is 24.2 Å². The van der Waals surface area contributed by atoms with Gasteiger partial charge in [0, 0.05) is 26.1 Å². The van der Waals surface area contributed by atoms with E-state index in [1.807, 2.05) is 54.6 Å². The molecule has 0 heterocycles. The van der Waals surface area contributed by atoms with Crippen molar-refractivity contribution in [3.05, 3.63) is 60.2 Å². The Morgan fingerprint density at radius 1 is 1.08 bits per heavy atom. The average molecular weight is 340 g/mol. The molecule has 0 saturated carbocycles. The monoisotopic (exact) mass is 340 g/mol. The fraction of sp³-hybridized carbons (Fsp3) is 0.350. The van der Waals surface area contributed by atoms with E-state index in [1.165, 1.54) is 0 Å². The molecule has 0 spiro atoms. The van der Waals surface area contributed by atoms with Crippen molar-refractivity contribution in [1.29, 1.82) is 5.26 Å². The maximum atomic E-state index is 10.3. The highest BCUT2D eigenvalue weighted by Gasteiger charge is 2.13. The van der Waals surface area contributed by atoms with Crippen LogP contribution >= 0.6 is 0 Å². The minimum atomic E-state index is -0.635. The van der Waals surface area contributed by atoms with Gasteiger partial charge in [-0.1, -0.05) is 30.3 Å². The number of nitriles is 1. The van der Waals surface area contributed by atoms with Crippen LogP contribution in [-0.4, -0.2) is 42.9 Å². The molecule has 1 atom stereocenters. The van der Waals surface area contributed by atoms with Gasteiger partial charge in [0.2, 0.25) is 0 Å². The van der Waals surface area contributed by atoms with Crippen LogP contribution in [-0.2, 0) is 6.54 Å². The number of ether oxygens (including phenoxy) is 2. The van der Waals surface area contributed by atoms with Crippen molar-refractivity contribution in [1.82, 2.24) is 4.90 Å². The third-order valence-electron chi connectivity index (χ3n) is 3.76. The molecule has 1 N–H and O–H groups in total. The Balaban J connectivity index is 1.84. The number of nitrogens with zero attached hydrogens (tertiary/aromatic N) is 2. The second-order valence-corrected chi connectivity index (χ2v) is 5.77. The van der Waals surface area contributed by atoms with Crippen molar-refractivity contribution in [3.8, 4) is 17.6 Å². The number of benzene rings is 2. The molecule has 2 aromatic carbocycles. The molecule has 0 aliphatic carbocycles. The SMILES string of the molecule is COc1ccc(OCC(O)CN(CCC#N)Cc2ccccc2)cc1. The number of aliphatic hydroxyl groups is 1. The molecule has 0 aliphatic rings. The van der Waals surface area contributed by atoms with Gasteiger partial charge < -0.3 is 14.6 Å². The van der Waals surface area contributed by atoms with Crippen LogP contribution in [0.15, 0.2) is 54.6 Å². The summed E-state index contributed by atoms with van der Waals surface area (Å²) in [5.41, 5.74) is 1.16. The largest absolute Gasteiger partial charge is 0.497 e. The number of hydrogen-bond donors (Lipinski definition) is 1. The molecule has 0 amide bonds. The predicted molar refractivity (Wildman–Crippen MR) is 96.4 cm³/mol. The third kappa shape index (κ3) is 6.84. The summed E-state index contributed by atoms with van der Waals surface area (Å²) in [7, 11) is 1.61. The fourth-order valence-corrected chi connectivity index (χ4v) is 2.50. The zero-order chi connectivity index (χ0) is 17.9. The van der Waals surface area contributed by atoms with Crippen LogP contribution in [0.25, 0.3) is 0 Å². The molecule has 2 rings (SSSR count). The summed E-state index contributed by atoms with van der Waals surface area (Å²) in [6.45, 7) is 1.96. The Morgan fingerprint density at radius 2 is 1.76 bits per heavy atom. The highest BCUT2D eigenvalue weighted by molar-refractivity contribution is 5.31. The van der Waals surface area contributed by atoms with Crippen molar-refractivity contribution >= 4 is 0 Å². The standard InChI is InChI=1S/C20H24N2O3/c1-24-19-8-10-20(11-9-19)25-16-18(23)15-22(13-5-12-21)14-17-6-3-2-4-7-17/h2-4,6-11,18,23H,5,13-16H2,1H3. The molecule has 5 nitrogen and oxygen atoms in total. The second-order valence-electron chi connectivity index (χ2n) is 5.77. The molecule has 0 saturated heterocycles. The average Bonchev–Trinajstić information content (AvgIpc) is 2.65. The van der Waals surface area contributed by atoms with Gasteiger partial charge in [-0.2, -0.15) is 5.26 Å². The smallest absolute Gasteiger partial charge is 0.119 e. The van der Waals surface area contributed by atoms with E-state index in [0.29, 0.717) is 31.8 Å². The van der Waals surface area contributed by atoms with Crippen molar-refractivity contribution in [3.63, 3.8) is 0 Å². The third-order valence-corrected chi connectivity index (χ3v) is 3.76. The number of methoxy groups -OCH3 is 1. The zero-order valence-electron chi connectivity index (χ0n) is 14.5. The van der Waals surface area contributed by atoms with Crippen molar-refractivity contribution in [2.24, 2.45) is 0 Å². The second kappa shape index (κ2) is 10.3. The Morgan fingerprint density at radius 3 is 2.40 bits per heavy atom. The lowest BCUT2D eigenvalue weighted by Gasteiger charge is -2.24. The minimum Gasteiger partial charge on any atom is -0.497 e. The molecule has 0 fully saturated rings. The van der Waals surface area contributed by atoms with Crippen LogP contribution < -0.4 is 9.47 Å². The first-order valence-corrected chi connectivity index (χ1v) is 8.29.